The summed E-state index contributed by atoms with van der Waals surface area (Å²) >= 11 is 6.07. The van der Waals surface area contributed by atoms with Crippen molar-refractivity contribution in [1.29, 1.82) is 0 Å². The molecule has 5 rings (SSSR count). The first-order valence-electron chi connectivity index (χ1n) is 10.2. The number of hydrogen-bond acceptors (Lipinski definition) is 4. The Hall–Kier alpha value is -2.63. The fourth-order valence-electron chi connectivity index (χ4n) is 4.35. The minimum absolute atomic E-state index is 0.189. The third kappa shape index (κ3) is 3.56. The van der Waals surface area contributed by atoms with Crippen molar-refractivity contribution >= 4 is 22.9 Å². The highest BCUT2D eigenvalue weighted by Gasteiger charge is 2.26. The molecule has 0 radical (unpaired) electrons. The number of halogens is 1. The van der Waals surface area contributed by atoms with Gasteiger partial charge in [0.25, 0.3) is 0 Å². The van der Waals surface area contributed by atoms with Crippen LogP contribution in [0.5, 0.6) is 0 Å². The monoisotopic (exact) mass is 405 g/mol. The number of rotatable bonds is 3. The van der Waals surface area contributed by atoms with E-state index in [4.69, 9.17) is 11.6 Å². The summed E-state index contributed by atoms with van der Waals surface area (Å²) in [6, 6.07) is 15.0. The van der Waals surface area contributed by atoms with Gasteiger partial charge in [0.1, 0.15) is 0 Å². The van der Waals surface area contributed by atoms with Crippen molar-refractivity contribution in [2.75, 3.05) is 18.4 Å². The predicted octanol–water partition coefficient (Wildman–Crippen LogP) is 4.84. The largest absolute Gasteiger partial charge is 0.378 e. The van der Waals surface area contributed by atoms with E-state index < -0.39 is 0 Å². The Balaban J connectivity index is 1.59. The third-order valence-electron chi connectivity index (χ3n) is 5.84. The van der Waals surface area contributed by atoms with Gasteiger partial charge in [-0.25, -0.2) is 4.68 Å². The van der Waals surface area contributed by atoms with Crippen LogP contribution in [0.15, 0.2) is 48.5 Å². The molecule has 0 bridgehead atoms. The molecule has 0 saturated heterocycles. The molecule has 1 atom stereocenters. The molecule has 0 saturated carbocycles. The van der Waals surface area contributed by atoms with Crippen LogP contribution in [-0.4, -0.2) is 28.1 Å². The summed E-state index contributed by atoms with van der Waals surface area (Å²) in [5.41, 5.74) is 8.44. The van der Waals surface area contributed by atoms with E-state index in [0.717, 1.165) is 54.6 Å². The van der Waals surface area contributed by atoms with Gasteiger partial charge in [-0.3, -0.25) is 0 Å². The highest BCUT2D eigenvalue weighted by atomic mass is 35.5. The summed E-state index contributed by atoms with van der Waals surface area (Å²) in [7, 11) is 0. The molecule has 3 aromatic rings. The van der Waals surface area contributed by atoms with Gasteiger partial charge in [0.2, 0.25) is 0 Å². The van der Waals surface area contributed by atoms with Crippen LogP contribution in [0.4, 0.5) is 5.69 Å². The molecule has 2 N–H and O–H groups in total. The van der Waals surface area contributed by atoms with Crippen molar-refractivity contribution < 1.29 is 0 Å². The van der Waals surface area contributed by atoms with Crippen molar-refractivity contribution in [2.45, 2.75) is 32.4 Å². The lowest BCUT2D eigenvalue weighted by molar-refractivity contribution is 0.539. The minimum Gasteiger partial charge on any atom is -0.378 e. The molecule has 2 aliphatic heterocycles. The maximum Gasteiger partial charge on any atom is 0.0918 e. The van der Waals surface area contributed by atoms with Crippen LogP contribution >= 0.6 is 11.6 Å². The number of anilines is 1. The standard InChI is InChI=1S/C23H24ClN5/c1-15-23-20-7-2-17(16-8-11-25-12-9-16)14-21(20)22(10-13-29(23)28-27-15)26-19-5-3-18(24)4-6-19/h2-8,14,22,25-26H,9-13H2,1H3. The lowest BCUT2D eigenvalue weighted by Gasteiger charge is -2.22. The van der Waals surface area contributed by atoms with E-state index in [9.17, 15) is 0 Å². The van der Waals surface area contributed by atoms with Crippen LogP contribution in [0.2, 0.25) is 5.02 Å². The summed E-state index contributed by atoms with van der Waals surface area (Å²) in [5.74, 6) is 0. The number of fused-ring (bicyclic) bond motifs is 3. The Bertz CT molecular complexity index is 1070. The predicted molar refractivity (Wildman–Crippen MR) is 118 cm³/mol. The fraction of sp³-hybridized carbons (Fsp3) is 0.304. The Morgan fingerprint density at radius 3 is 2.83 bits per heavy atom. The second-order valence-electron chi connectivity index (χ2n) is 7.72. The van der Waals surface area contributed by atoms with Gasteiger partial charge in [0, 0.05) is 29.4 Å². The highest BCUT2D eigenvalue weighted by molar-refractivity contribution is 6.30. The van der Waals surface area contributed by atoms with Crippen molar-refractivity contribution in [3.8, 4) is 11.3 Å². The van der Waals surface area contributed by atoms with Crippen LogP contribution in [0, 0.1) is 6.92 Å². The second kappa shape index (κ2) is 7.65. The van der Waals surface area contributed by atoms with Crippen molar-refractivity contribution in [3.05, 3.63) is 70.4 Å². The molecule has 6 heteroatoms. The summed E-state index contributed by atoms with van der Waals surface area (Å²) in [6.07, 6.45) is 4.31. The molecule has 3 heterocycles. The molecule has 0 amide bonds. The van der Waals surface area contributed by atoms with E-state index in [1.165, 1.54) is 22.3 Å². The van der Waals surface area contributed by atoms with Crippen LogP contribution < -0.4 is 10.6 Å². The van der Waals surface area contributed by atoms with E-state index in [0.29, 0.717) is 0 Å². The number of nitrogens with zero attached hydrogens (tertiary/aromatic N) is 3. The highest BCUT2D eigenvalue weighted by Crippen LogP contribution is 2.38. The van der Waals surface area contributed by atoms with E-state index in [2.05, 4.69) is 45.2 Å². The normalized spacial score (nSPS) is 18.4. The first-order valence-corrected chi connectivity index (χ1v) is 10.5. The van der Waals surface area contributed by atoms with Gasteiger partial charge in [0.05, 0.1) is 17.4 Å². The lowest BCUT2D eigenvalue weighted by Crippen LogP contribution is -2.20. The van der Waals surface area contributed by atoms with Gasteiger partial charge < -0.3 is 10.6 Å². The topological polar surface area (TPSA) is 54.8 Å². The smallest absolute Gasteiger partial charge is 0.0918 e. The Kier molecular flexibility index (Phi) is 4.86. The van der Waals surface area contributed by atoms with Gasteiger partial charge in [-0.05, 0) is 73.3 Å². The Morgan fingerprint density at radius 2 is 2.03 bits per heavy atom. The number of hydrogen-bond donors (Lipinski definition) is 2. The molecule has 29 heavy (non-hydrogen) atoms. The van der Waals surface area contributed by atoms with Crippen LogP contribution in [0.3, 0.4) is 0 Å². The van der Waals surface area contributed by atoms with E-state index in [1.807, 2.05) is 35.9 Å². The van der Waals surface area contributed by atoms with Gasteiger partial charge in [0.15, 0.2) is 0 Å². The van der Waals surface area contributed by atoms with Crippen LogP contribution in [-0.2, 0) is 6.54 Å². The summed E-state index contributed by atoms with van der Waals surface area (Å²) in [5, 5.41) is 16.6. The molecule has 1 unspecified atom stereocenters. The average molecular weight is 406 g/mol. The van der Waals surface area contributed by atoms with Gasteiger partial charge in [-0.15, -0.1) is 5.10 Å². The van der Waals surface area contributed by atoms with Gasteiger partial charge >= 0.3 is 0 Å². The minimum atomic E-state index is 0.189. The molecule has 0 spiro atoms. The molecule has 0 aliphatic carbocycles. The third-order valence-corrected chi connectivity index (χ3v) is 6.09. The van der Waals surface area contributed by atoms with E-state index >= 15 is 0 Å². The van der Waals surface area contributed by atoms with Crippen LogP contribution in [0.1, 0.15) is 35.7 Å². The van der Waals surface area contributed by atoms with Crippen molar-refractivity contribution in [2.24, 2.45) is 0 Å². The number of aryl methyl sites for hydroxylation is 2. The summed E-state index contributed by atoms with van der Waals surface area (Å²) in [4.78, 5) is 0. The number of aromatic nitrogens is 3. The molecule has 1 aromatic heterocycles. The zero-order valence-electron chi connectivity index (χ0n) is 16.5. The average Bonchev–Trinajstić information content (AvgIpc) is 3.05. The van der Waals surface area contributed by atoms with Gasteiger partial charge in [-0.1, -0.05) is 35.0 Å². The quantitative estimate of drug-likeness (QED) is 0.654. The Morgan fingerprint density at radius 1 is 1.17 bits per heavy atom. The first kappa shape index (κ1) is 18.4. The van der Waals surface area contributed by atoms with E-state index in [1.54, 1.807) is 0 Å². The van der Waals surface area contributed by atoms with E-state index in [-0.39, 0.29) is 6.04 Å². The molecule has 5 nitrogen and oxygen atoms in total. The molecule has 0 fully saturated rings. The second-order valence-corrected chi connectivity index (χ2v) is 8.16. The lowest BCUT2D eigenvalue weighted by atomic mass is 9.90. The number of benzene rings is 2. The first-order chi connectivity index (χ1) is 14.2. The molecule has 2 aromatic carbocycles. The zero-order valence-corrected chi connectivity index (χ0v) is 17.2. The SMILES string of the molecule is Cc1nnn2c1-c1ccc(C3=CCNCC3)cc1C(Nc1ccc(Cl)cc1)CC2. The molecule has 148 valence electrons. The number of nitrogens with one attached hydrogen (secondary N) is 2. The maximum atomic E-state index is 6.07. The zero-order chi connectivity index (χ0) is 19.8. The molecule has 2 aliphatic rings. The fourth-order valence-corrected chi connectivity index (χ4v) is 4.47. The maximum absolute atomic E-state index is 6.07. The Labute approximate surface area is 175 Å². The van der Waals surface area contributed by atoms with Crippen molar-refractivity contribution in [1.82, 2.24) is 20.3 Å². The van der Waals surface area contributed by atoms with Crippen LogP contribution in [0.25, 0.3) is 16.8 Å². The van der Waals surface area contributed by atoms with Gasteiger partial charge in [-0.2, -0.15) is 0 Å². The molecular formula is C23H24ClN5. The summed E-state index contributed by atoms with van der Waals surface area (Å²) in [6.45, 7) is 4.84. The summed E-state index contributed by atoms with van der Waals surface area (Å²) < 4.78 is 2.04. The van der Waals surface area contributed by atoms with Crippen molar-refractivity contribution in [3.63, 3.8) is 0 Å². The molecular weight excluding hydrogens is 382 g/mol.